The van der Waals surface area contributed by atoms with E-state index in [4.69, 9.17) is 16.7 Å². The lowest BCUT2D eigenvalue weighted by Crippen LogP contribution is -2.54. The number of rotatable bonds is 5. The molecule has 2 rings (SSSR count). The second-order valence-corrected chi connectivity index (χ2v) is 7.86. The van der Waals surface area contributed by atoms with Gasteiger partial charge in [0.1, 0.15) is 4.90 Å². The Hall–Kier alpha value is -0.630. The maximum Gasteiger partial charge on any atom is 0.305 e. The zero-order valence-corrected chi connectivity index (χ0v) is 13.6. The van der Waals surface area contributed by atoms with Crippen molar-refractivity contribution in [2.24, 2.45) is 0 Å². The summed E-state index contributed by atoms with van der Waals surface area (Å²) in [4.78, 5) is 10.8. The predicted molar refractivity (Wildman–Crippen MR) is 78.3 cm³/mol. The molecule has 0 spiro atoms. The van der Waals surface area contributed by atoms with E-state index in [2.05, 4.69) is 20.7 Å². The predicted octanol–water partition coefficient (Wildman–Crippen LogP) is 2.78. The number of sulfonamides is 1. The topological polar surface area (TPSA) is 83.5 Å². The van der Waals surface area contributed by atoms with Crippen LogP contribution >= 0.6 is 27.5 Å². The minimum atomic E-state index is -3.84. The summed E-state index contributed by atoms with van der Waals surface area (Å²) >= 11 is 9.15. The third kappa shape index (κ3) is 3.33. The lowest BCUT2D eigenvalue weighted by molar-refractivity contribution is -0.139. The van der Waals surface area contributed by atoms with Crippen molar-refractivity contribution in [2.45, 2.75) is 36.1 Å². The van der Waals surface area contributed by atoms with Gasteiger partial charge in [0, 0.05) is 10.0 Å². The SMILES string of the molecule is O=C(O)CC1(NS(=O)(=O)c2ccc(Br)cc2Cl)CCC1. The standard InChI is InChI=1S/C12H13BrClNO4S/c13-8-2-3-10(9(14)6-8)20(18,19)15-12(4-1-5-12)7-11(16)17/h2-3,6,15H,1,4-5,7H2,(H,16,17). The molecule has 0 heterocycles. The Morgan fingerprint density at radius 3 is 2.55 bits per heavy atom. The number of hydrogen-bond donors (Lipinski definition) is 2. The van der Waals surface area contributed by atoms with Crippen molar-refractivity contribution < 1.29 is 18.3 Å². The molecule has 0 bridgehead atoms. The Balaban J connectivity index is 2.29. The summed E-state index contributed by atoms with van der Waals surface area (Å²) in [6, 6.07) is 4.45. The number of carbonyl (C=O) groups is 1. The summed E-state index contributed by atoms with van der Waals surface area (Å²) in [7, 11) is -3.84. The molecule has 1 aliphatic carbocycles. The van der Waals surface area contributed by atoms with E-state index in [0.29, 0.717) is 17.3 Å². The Morgan fingerprint density at radius 1 is 1.45 bits per heavy atom. The molecule has 0 aliphatic heterocycles. The van der Waals surface area contributed by atoms with Gasteiger partial charge in [-0.15, -0.1) is 0 Å². The summed E-state index contributed by atoms with van der Waals surface area (Å²) in [5.41, 5.74) is -0.888. The molecule has 1 fully saturated rings. The molecule has 0 radical (unpaired) electrons. The summed E-state index contributed by atoms with van der Waals surface area (Å²) in [5, 5.41) is 9.00. The van der Waals surface area contributed by atoms with E-state index in [9.17, 15) is 13.2 Å². The van der Waals surface area contributed by atoms with Crippen LogP contribution in [0.25, 0.3) is 0 Å². The van der Waals surface area contributed by atoms with Crippen LogP contribution < -0.4 is 4.72 Å². The fourth-order valence-electron chi connectivity index (χ4n) is 2.24. The average Bonchev–Trinajstić information content (AvgIpc) is 2.24. The number of hydrogen-bond acceptors (Lipinski definition) is 3. The van der Waals surface area contributed by atoms with Gasteiger partial charge in [-0.3, -0.25) is 4.79 Å². The van der Waals surface area contributed by atoms with Gasteiger partial charge >= 0.3 is 5.97 Å². The van der Waals surface area contributed by atoms with Crippen molar-refractivity contribution in [1.82, 2.24) is 4.72 Å². The summed E-state index contributed by atoms with van der Waals surface area (Å²) in [6.45, 7) is 0. The highest BCUT2D eigenvalue weighted by atomic mass is 79.9. The van der Waals surface area contributed by atoms with E-state index >= 15 is 0 Å². The van der Waals surface area contributed by atoms with Crippen LogP contribution in [0.3, 0.4) is 0 Å². The molecule has 0 unspecified atom stereocenters. The minimum absolute atomic E-state index is 0.0426. The second-order valence-electron chi connectivity index (χ2n) is 4.88. The largest absolute Gasteiger partial charge is 0.481 e. The zero-order valence-electron chi connectivity index (χ0n) is 10.4. The molecule has 0 saturated heterocycles. The molecule has 2 N–H and O–H groups in total. The fourth-order valence-corrected chi connectivity index (χ4v) is 4.74. The molecule has 0 aromatic heterocycles. The van der Waals surface area contributed by atoms with Gasteiger partial charge in [0.2, 0.25) is 10.0 Å². The van der Waals surface area contributed by atoms with Crippen LogP contribution in [0.4, 0.5) is 0 Å². The highest BCUT2D eigenvalue weighted by Crippen LogP contribution is 2.37. The molecule has 1 aromatic rings. The lowest BCUT2D eigenvalue weighted by Gasteiger charge is -2.41. The second kappa shape index (κ2) is 5.63. The maximum absolute atomic E-state index is 12.4. The molecule has 20 heavy (non-hydrogen) atoms. The first kappa shape index (κ1) is 15.8. The van der Waals surface area contributed by atoms with Crippen LogP contribution in [0.5, 0.6) is 0 Å². The molecule has 0 atom stereocenters. The first-order valence-corrected chi connectivity index (χ1v) is 8.60. The van der Waals surface area contributed by atoms with E-state index in [0.717, 1.165) is 6.42 Å². The summed E-state index contributed by atoms with van der Waals surface area (Å²) < 4.78 is 27.9. The number of halogens is 2. The molecular formula is C12H13BrClNO4S. The Morgan fingerprint density at radius 2 is 2.10 bits per heavy atom. The van der Waals surface area contributed by atoms with Crippen LogP contribution in [0.2, 0.25) is 5.02 Å². The van der Waals surface area contributed by atoms with Crippen molar-refractivity contribution in [3.8, 4) is 0 Å². The van der Waals surface area contributed by atoms with Gasteiger partial charge in [-0.05, 0) is 37.5 Å². The van der Waals surface area contributed by atoms with Crippen LogP contribution in [0.15, 0.2) is 27.6 Å². The fraction of sp³-hybridized carbons (Fsp3) is 0.417. The highest BCUT2D eigenvalue weighted by Gasteiger charge is 2.42. The van der Waals surface area contributed by atoms with Gasteiger partial charge in [-0.25, -0.2) is 13.1 Å². The molecule has 1 aliphatic rings. The van der Waals surface area contributed by atoms with E-state index < -0.39 is 21.5 Å². The summed E-state index contributed by atoms with van der Waals surface area (Å²) in [5.74, 6) is -1.02. The Labute approximate surface area is 130 Å². The van der Waals surface area contributed by atoms with Crippen LogP contribution in [-0.2, 0) is 14.8 Å². The molecule has 5 nitrogen and oxygen atoms in total. The van der Waals surface area contributed by atoms with Gasteiger partial charge in [-0.1, -0.05) is 27.5 Å². The Kier molecular flexibility index (Phi) is 4.44. The van der Waals surface area contributed by atoms with Gasteiger partial charge in [-0.2, -0.15) is 0 Å². The van der Waals surface area contributed by atoms with E-state index in [-0.39, 0.29) is 16.3 Å². The van der Waals surface area contributed by atoms with Crippen LogP contribution in [0.1, 0.15) is 25.7 Å². The molecule has 8 heteroatoms. The van der Waals surface area contributed by atoms with E-state index in [1.165, 1.54) is 12.1 Å². The maximum atomic E-state index is 12.4. The number of carboxylic acid groups (broad SMARTS) is 1. The van der Waals surface area contributed by atoms with Gasteiger partial charge < -0.3 is 5.11 Å². The number of carboxylic acids is 1. The third-order valence-corrected chi connectivity index (χ3v) is 5.89. The van der Waals surface area contributed by atoms with Gasteiger partial charge in [0.25, 0.3) is 0 Å². The van der Waals surface area contributed by atoms with E-state index in [1.54, 1.807) is 6.07 Å². The van der Waals surface area contributed by atoms with Crippen LogP contribution in [-0.4, -0.2) is 25.0 Å². The van der Waals surface area contributed by atoms with Gasteiger partial charge in [0.05, 0.1) is 11.4 Å². The third-order valence-electron chi connectivity index (χ3n) is 3.33. The quantitative estimate of drug-likeness (QED) is 0.820. The minimum Gasteiger partial charge on any atom is -0.481 e. The number of aliphatic carboxylic acids is 1. The molecule has 0 amide bonds. The highest BCUT2D eigenvalue weighted by molar-refractivity contribution is 9.10. The van der Waals surface area contributed by atoms with E-state index in [1.807, 2.05) is 0 Å². The first-order valence-electron chi connectivity index (χ1n) is 5.95. The normalized spacial score (nSPS) is 17.5. The molecule has 1 saturated carbocycles. The van der Waals surface area contributed by atoms with Crippen molar-refractivity contribution >= 4 is 43.5 Å². The van der Waals surface area contributed by atoms with Gasteiger partial charge in [0.15, 0.2) is 0 Å². The average molecular weight is 383 g/mol. The van der Waals surface area contributed by atoms with Crippen molar-refractivity contribution in [2.75, 3.05) is 0 Å². The number of nitrogens with one attached hydrogen (secondary N) is 1. The smallest absolute Gasteiger partial charge is 0.305 e. The first-order chi connectivity index (χ1) is 9.24. The molecule has 110 valence electrons. The zero-order chi connectivity index (χ0) is 15.0. The monoisotopic (exact) mass is 381 g/mol. The lowest BCUT2D eigenvalue weighted by atomic mass is 9.75. The molecule has 1 aromatic carbocycles. The number of benzene rings is 1. The van der Waals surface area contributed by atoms with Crippen LogP contribution in [0, 0.1) is 0 Å². The Bertz CT molecular complexity index is 643. The van der Waals surface area contributed by atoms with Crippen molar-refractivity contribution in [1.29, 1.82) is 0 Å². The van der Waals surface area contributed by atoms with Crippen molar-refractivity contribution in [3.63, 3.8) is 0 Å². The van der Waals surface area contributed by atoms with Crippen molar-refractivity contribution in [3.05, 3.63) is 27.7 Å². The molecular weight excluding hydrogens is 370 g/mol. The summed E-state index contributed by atoms with van der Waals surface area (Å²) in [6.07, 6.45) is 1.63.